The summed E-state index contributed by atoms with van der Waals surface area (Å²) in [5.74, 6) is 0.943. The summed E-state index contributed by atoms with van der Waals surface area (Å²) in [5, 5.41) is 3.17. The number of para-hydroxylation sites is 1. The SMILES string of the molecule is Cc1nc(-c2ccccc2OC2CCC(N)CC2)cs1.Cl.Cl. The van der Waals surface area contributed by atoms with Crippen LogP contribution >= 0.6 is 36.2 Å². The van der Waals surface area contributed by atoms with Gasteiger partial charge in [-0.1, -0.05) is 12.1 Å². The Morgan fingerprint density at radius 3 is 2.45 bits per heavy atom. The Morgan fingerprint density at radius 2 is 1.82 bits per heavy atom. The number of halogens is 2. The van der Waals surface area contributed by atoms with E-state index in [4.69, 9.17) is 10.5 Å². The predicted molar refractivity (Wildman–Crippen MR) is 97.6 cm³/mol. The number of hydrogen-bond donors (Lipinski definition) is 1. The molecule has 2 aromatic rings. The number of thiazole rings is 1. The molecule has 1 fully saturated rings. The third-order valence-electron chi connectivity index (χ3n) is 3.79. The van der Waals surface area contributed by atoms with Crippen LogP contribution in [0.25, 0.3) is 11.3 Å². The molecule has 1 aliphatic carbocycles. The molecule has 0 saturated heterocycles. The normalized spacial score (nSPS) is 20.6. The summed E-state index contributed by atoms with van der Waals surface area (Å²) in [6.07, 6.45) is 4.50. The van der Waals surface area contributed by atoms with E-state index < -0.39 is 0 Å². The van der Waals surface area contributed by atoms with E-state index in [1.807, 2.05) is 25.1 Å². The third-order valence-corrected chi connectivity index (χ3v) is 4.57. The highest BCUT2D eigenvalue weighted by Gasteiger charge is 2.21. The number of benzene rings is 1. The minimum absolute atomic E-state index is 0. The van der Waals surface area contributed by atoms with Gasteiger partial charge in [-0.05, 0) is 44.7 Å². The summed E-state index contributed by atoms with van der Waals surface area (Å²) in [5.41, 5.74) is 8.05. The van der Waals surface area contributed by atoms with Crippen LogP contribution in [-0.2, 0) is 0 Å². The van der Waals surface area contributed by atoms with Crippen molar-refractivity contribution in [1.29, 1.82) is 0 Å². The van der Waals surface area contributed by atoms with Gasteiger partial charge in [-0.2, -0.15) is 0 Å². The Kier molecular flexibility index (Phi) is 7.63. The summed E-state index contributed by atoms with van der Waals surface area (Å²) in [6, 6.07) is 8.53. The molecule has 122 valence electrons. The molecule has 1 aliphatic rings. The molecule has 0 spiro atoms. The number of nitrogens with zero attached hydrogens (tertiary/aromatic N) is 1. The van der Waals surface area contributed by atoms with Gasteiger partial charge in [0, 0.05) is 17.0 Å². The van der Waals surface area contributed by atoms with Gasteiger partial charge in [-0.3, -0.25) is 0 Å². The van der Waals surface area contributed by atoms with Crippen LogP contribution < -0.4 is 10.5 Å². The lowest BCUT2D eigenvalue weighted by Crippen LogP contribution is -2.31. The molecule has 1 heterocycles. The fourth-order valence-corrected chi connectivity index (χ4v) is 3.27. The molecule has 2 N–H and O–H groups in total. The van der Waals surface area contributed by atoms with Gasteiger partial charge in [0.15, 0.2) is 0 Å². The van der Waals surface area contributed by atoms with Crippen molar-refractivity contribution in [2.75, 3.05) is 0 Å². The van der Waals surface area contributed by atoms with E-state index in [2.05, 4.69) is 16.4 Å². The van der Waals surface area contributed by atoms with Crippen LogP contribution in [0, 0.1) is 6.92 Å². The lowest BCUT2D eigenvalue weighted by atomic mass is 9.93. The molecule has 1 aromatic heterocycles. The Labute approximate surface area is 148 Å². The number of hydrogen-bond acceptors (Lipinski definition) is 4. The molecule has 0 unspecified atom stereocenters. The highest BCUT2D eigenvalue weighted by Crippen LogP contribution is 2.33. The van der Waals surface area contributed by atoms with Crippen molar-refractivity contribution in [1.82, 2.24) is 4.98 Å². The predicted octanol–water partition coefficient (Wildman–Crippen LogP) is 4.61. The van der Waals surface area contributed by atoms with Crippen LogP contribution in [0.1, 0.15) is 30.7 Å². The van der Waals surface area contributed by atoms with Crippen LogP contribution in [-0.4, -0.2) is 17.1 Å². The van der Waals surface area contributed by atoms with Gasteiger partial charge >= 0.3 is 0 Å². The van der Waals surface area contributed by atoms with Crippen molar-refractivity contribution >= 4 is 36.2 Å². The molecule has 22 heavy (non-hydrogen) atoms. The first-order valence-electron chi connectivity index (χ1n) is 7.16. The number of ether oxygens (including phenoxy) is 1. The lowest BCUT2D eigenvalue weighted by molar-refractivity contribution is 0.148. The smallest absolute Gasteiger partial charge is 0.129 e. The van der Waals surface area contributed by atoms with E-state index in [0.717, 1.165) is 47.7 Å². The van der Waals surface area contributed by atoms with Gasteiger partial charge in [0.2, 0.25) is 0 Å². The van der Waals surface area contributed by atoms with Gasteiger partial charge < -0.3 is 10.5 Å². The van der Waals surface area contributed by atoms with Gasteiger partial charge in [0.05, 0.1) is 16.8 Å². The van der Waals surface area contributed by atoms with Crippen LogP contribution in [0.15, 0.2) is 29.6 Å². The second-order valence-corrected chi connectivity index (χ2v) is 6.46. The van der Waals surface area contributed by atoms with E-state index in [1.54, 1.807) is 11.3 Å². The molecular formula is C16H22Cl2N2OS. The number of nitrogens with two attached hydrogens (primary N) is 1. The average Bonchev–Trinajstić information content (AvgIpc) is 2.88. The zero-order valence-electron chi connectivity index (χ0n) is 12.5. The lowest BCUT2D eigenvalue weighted by Gasteiger charge is -2.27. The molecule has 3 rings (SSSR count). The van der Waals surface area contributed by atoms with Gasteiger partial charge in [-0.15, -0.1) is 36.2 Å². The summed E-state index contributed by atoms with van der Waals surface area (Å²) in [7, 11) is 0. The van der Waals surface area contributed by atoms with Crippen LogP contribution in [0.4, 0.5) is 0 Å². The minimum atomic E-state index is 0. The standard InChI is InChI=1S/C16H20N2OS.2ClH/c1-11-18-15(10-20-11)14-4-2-3-5-16(14)19-13-8-6-12(17)7-9-13;;/h2-5,10,12-13H,6-9,17H2,1H3;2*1H. The van der Waals surface area contributed by atoms with Gasteiger partial charge in [0.25, 0.3) is 0 Å². The molecule has 1 saturated carbocycles. The molecule has 0 amide bonds. The number of aromatic nitrogens is 1. The van der Waals surface area contributed by atoms with E-state index in [0.29, 0.717) is 6.04 Å². The molecule has 0 bridgehead atoms. The summed E-state index contributed by atoms with van der Waals surface area (Å²) in [4.78, 5) is 4.57. The second-order valence-electron chi connectivity index (χ2n) is 5.40. The summed E-state index contributed by atoms with van der Waals surface area (Å²) < 4.78 is 6.21. The van der Waals surface area contributed by atoms with Crippen molar-refractivity contribution < 1.29 is 4.74 Å². The van der Waals surface area contributed by atoms with Crippen molar-refractivity contribution in [3.8, 4) is 17.0 Å². The Balaban J connectivity index is 0.00000121. The monoisotopic (exact) mass is 360 g/mol. The largest absolute Gasteiger partial charge is 0.490 e. The minimum Gasteiger partial charge on any atom is -0.490 e. The van der Waals surface area contributed by atoms with Gasteiger partial charge in [-0.25, -0.2) is 4.98 Å². The summed E-state index contributed by atoms with van der Waals surface area (Å²) in [6.45, 7) is 2.03. The van der Waals surface area contributed by atoms with E-state index in [-0.39, 0.29) is 30.9 Å². The van der Waals surface area contributed by atoms with E-state index >= 15 is 0 Å². The quantitative estimate of drug-likeness (QED) is 0.868. The first-order chi connectivity index (χ1) is 9.72. The van der Waals surface area contributed by atoms with Crippen molar-refractivity contribution in [2.45, 2.75) is 44.8 Å². The van der Waals surface area contributed by atoms with Crippen molar-refractivity contribution in [2.24, 2.45) is 5.73 Å². The Morgan fingerprint density at radius 1 is 1.14 bits per heavy atom. The van der Waals surface area contributed by atoms with Gasteiger partial charge in [0.1, 0.15) is 5.75 Å². The topological polar surface area (TPSA) is 48.1 Å². The zero-order valence-corrected chi connectivity index (χ0v) is 15.0. The Bertz CT molecular complexity index is 583. The molecular weight excluding hydrogens is 339 g/mol. The average molecular weight is 361 g/mol. The maximum absolute atomic E-state index is 6.21. The molecule has 0 radical (unpaired) electrons. The number of aryl methyl sites for hydroxylation is 1. The highest BCUT2D eigenvalue weighted by molar-refractivity contribution is 7.09. The third kappa shape index (κ3) is 4.59. The molecule has 1 aromatic carbocycles. The van der Waals surface area contributed by atoms with Crippen LogP contribution in [0.3, 0.4) is 0 Å². The Hall–Kier alpha value is -0.810. The maximum atomic E-state index is 6.21. The highest BCUT2D eigenvalue weighted by atomic mass is 35.5. The van der Waals surface area contributed by atoms with E-state index in [9.17, 15) is 0 Å². The van der Waals surface area contributed by atoms with Crippen molar-refractivity contribution in [3.63, 3.8) is 0 Å². The molecule has 3 nitrogen and oxygen atoms in total. The first kappa shape index (κ1) is 19.2. The van der Waals surface area contributed by atoms with E-state index in [1.165, 1.54) is 0 Å². The summed E-state index contributed by atoms with van der Waals surface area (Å²) >= 11 is 1.67. The molecule has 6 heteroatoms. The van der Waals surface area contributed by atoms with Crippen LogP contribution in [0.2, 0.25) is 0 Å². The fourth-order valence-electron chi connectivity index (χ4n) is 2.65. The number of rotatable bonds is 3. The molecule has 0 aliphatic heterocycles. The first-order valence-corrected chi connectivity index (χ1v) is 8.04. The second kappa shape index (κ2) is 8.73. The maximum Gasteiger partial charge on any atom is 0.129 e. The fraction of sp³-hybridized carbons (Fsp3) is 0.438. The zero-order chi connectivity index (χ0) is 13.9. The van der Waals surface area contributed by atoms with Crippen molar-refractivity contribution in [3.05, 3.63) is 34.7 Å². The van der Waals surface area contributed by atoms with Crippen LogP contribution in [0.5, 0.6) is 5.75 Å². The molecule has 0 atom stereocenters.